The van der Waals surface area contributed by atoms with E-state index < -0.39 is 0 Å². The zero-order valence-electron chi connectivity index (χ0n) is 14.3. The summed E-state index contributed by atoms with van der Waals surface area (Å²) in [7, 11) is 0. The number of carbonyl (C=O) groups excluding carboxylic acids is 1. The Morgan fingerprint density at radius 3 is 2.96 bits per heavy atom. The summed E-state index contributed by atoms with van der Waals surface area (Å²) in [6.45, 7) is 5.88. The van der Waals surface area contributed by atoms with Crippen LogP contribution >= 0.6 is 0 Å². The summed E-state index contributed by atoms with van der Waals surface area (Å²) in [5.41, 5.74) is 0.465. The molecular weight excluding hydrogens is 324 g/mol. The van der Waals surface area contributed by atoms with Gasteiger partial charge in [-0.15, -0.1) is 5.10 Å². The summed E-state index contributed by atoms with van der Waals surface area (Å²) in [4.78, 5) is 16.7. The Morgan fingerprint density at radius 2 is 2.20 bits per heavy atom. The van der Waals surface area contributed by atoms with Crippen LogP contribution in [0.3, 0.4) is 0 Å². The normalized spacial score (nSPS) is 24.5. The van der Waals surface area contributed by atoms with Crippen LogP contribution in [0.15, 0.2) is 27.4 Å². The van der Waals surface area contributed by atoms with E-state index in [0.717, 1.165) is 25.9 Å². The molecule has 8 nitrogen and oxygen atoms in total. The minimum Gasteiger partial charge on any atom is -0.472 e. The third kappa shape index (κ3) is 3.26. The number of amides is 1. The third-order valence-electron chi connectivity index (χ3n) is 4.94. The molecule has 0 saturated carbocycles. The Morgan fingerprint density at radius 1 is 1.28 bits per heavy atom. The Hall–Kier alpha value is -2.35. The molecule has 8 heteroatoms. The van der Waals surface area contributed by atoms with Crippen LogP contribution in [-0.2, 0) is 4.74 Å². The second-order valence-electron chi connectivity index (χ2n) is 6.92. The maximum Gasteiger partial charge on any atom is 0.318 e. The van der Waals surface area contributed by atoms with Crippen LogP contribution in [0, 0.1) is 12.3 Å². The van der Waals surface area contributed by atoms with Crippen molar-refractivity contribution in [2.75, 3.05) is 44.3 Å². The van der Waals surface area contributed by atoms with Crippen molar-refractivity contribution >= 4 is 11.9 Å². The molecule has 2 aromatic rings. The lowest BCUT2D eigenvalue weighted by Crippen LogP contribution is -2.52. The Kier molecular flexibility index (Phi) is 4.20. The minimum atomic E-state index is -0.128. The molecule has 2 aliphatic heterocycles. The van der Waals surface area contributed by atoms with Gasteiger partial charge < -0.3 is 23.4 Å². The van der Waals surface area contributed by atoms with E-state index in [4.69, 9.17) is 13.6 Å². The van der Waals surface area contributed by atoms with Gasteiger partial charge in [-0.1, -0.05) is 5.10 Å². The predicted molar refractivity (Wildman–Crippen MR) is 88.3 cm³/mol. The number of likely N-dealkylation sites (tertiary alicyclic amines) is 1. The number of anilines is 1. The fourth-order valence-electron chi connectivity index (χ4n) is 3.77. The molecule has 1 spiro atoms. The Labute approximate surface area is 145 Å². The molecule has 0 unspecified atom stereocenters. The van der Waals surface area contributed by atoms with Gasteiger partial charge in [-0.3, -0.25) is 4.79 Å². The van der Waals surface area contributed by atoms with Crippen LogP contribution in [0.4, 0.5) is 6.01 Å². The summed E-state index contributed by atoms with van der Waals surface area (Å²) in [5.74, 6) is 0.562. The molecule has 2 saturated heterocycles. The summed E-state index contributed by atoms with van der Waals surface area (Å²) in [6.07, 6.45) is 4.98. The molecule has 0 aromatic carbocycles. The first-order chi connectivity index (χ1) is 12.2. The van der Waals surface area contributed by atoms with Crippen molar-refractivity contribution in [1.82, 2.24) is 15.1 Å². The van der Waals surface area contributed by atoms with Gasteiger partial charge in [-0.05, 0) is 18.9 Å². The summed E-state index contributed by atoms with van der Waals surface area (Å²) < 4.78 is 16.5. The largest absolute Gasteiger partial charge is 0.472 e. The van der Waals surface area contributed by atoms with Gasteiger partial charge in [0, 0.05) is 38.5 Å². The lowest BCUT2D eigenvalue weighted by atomic mass is 9.80. The standard InChI is InChI=1S/C17H22N4O4/c1-13-18-19-16(25-13)21-6-8-24-12-17(11-21)4-2-5-20(10-17)15(22)14-3-7-23-9-14/h3,7,9H,2,4-6,8,10-12H2,1H3/t17-/m1/s1. The third-order valence-corrected chi connectivity index (χ3v) is 4.94. The van der Waals surface area contributed by atoms with Crippen molar-refractivity contribution in [2.24, 2.45) is 5.41 Å². The van der Waals surface area contributed by atoms with Crippen molar-refractivity contribution < 1.29 is 18.4 Å². The van der Waals surface area contributed by atoms with Gasteiger partial charge in [-0.25, -0.2) is 0 Å². The molecule has 134 valence electrons. The number of ether oxygens (including phenoxy) is 1. The molecule has 1 amide bonds. The van der Waals surface area contributed by atoms with Gasteiger partial charge in [0.1, 0.15) is 6.26 Å². The lowest BCUT2D eigenvalue weighted by molar-refractivity contribution is 0.0134. The van der Waals surface area contributed by atoms with Gasteiger partial charge in [0.2, 0.25) is 5.89 Å². The molecule has 2 fully saturated rings. The highest BCUT2D eigenvalue weighted by atomic mass is 16.5. The fraction of sp³-hybridized carbons (Fsp3) is 0.588. The average Bonchev–Trinajstić information content (AvgIpc) is 3.25. The van der Waals surface area contributed by atoms with Gasteiger partial charge in [0.25, 0.3) is 5.91 Å². The zero-order valence-corrected chi connectivity index (χ0v) is 14.3. The van der Waals surface area contributed by atoms with Gasteiger partial charge in [0.15, 0.2) is 0 Å². The molecule has 2 aromatic heterocycles. The summed E-state index contributed by atoms with van der Waals surface area (Å²) in [6, 6.07) is 2.24. The molecule has 4 heterocycles. The van der Waals surface area contributed by atoms with E-state index in [1.807, 2.05) is 4.90 Å². The lowest BCUT2D eigenvalue weighted by Gasteiger charge is -2.43. The average molecular weight is 346 g/mol. The number of piperidine rings is 1. The predicted octanol–water partition coefficient (Wildman–Crippen LogP) is 1.73. The van der Waals surface area contributed by atoms with Crippen LogP contribution in [-0.4, -0.2) is 60.4 Å². The van der Waals surface area contributed by atoms with E-state index in [9.17, 15) is 4.79 Å². The van der Waals surface area contributed by atoms with Gasteiger partial charge >= 0.3 is 6.01 Å². The van der Waals surface area contributed by atoms with Crippen LogP contribution in [0.2, 0.25) is 0 Å². The van der Waals surface area contributed by atoms with Crippen LogP contribution in [0.5, 0.6) is 0 Å². The first-order valence-electron chi connectivity index (χ1n) is 8.60. The Bertz CT molecular complexity index is 729. The van der Waals surface area contributed by atoms with Crippen molar-refractivity contribution in [1.29, 1.82) is 0 Å². The molecule has 0 bridgehead atoms. The molecule has 1 atom stereocenters. The maximum atomic E-state index is 12.7. The molecule has 25 heavy (non-hydrogen) atoms. The topological polar surface area (TPSA) is 84.8 Å². The Balaban J connectivity index is 1.53. The molecule has 0 N–H and O–H groups in total. The highest BCUT2D eigenvalue weighted by Gasteiger charge is 2.41. The monoisotopic (exact) mass is 346 g/mol. The van der Waals surface area contributed by atoms with Crippen molar-refractivity contribution in [3.63, 3.8) is 0 Å². The van der Waals surface area contributed by atoms with E-state index in [1.165, 1.54) is 12.5 Å². The molecule has 0 aliphatic carbocycles. The second-order valence-corrected chi connectivity index (χ2v) is 6.92. The number of nitrogens with zero attached hydrogens (tertiary/aromatic N) is 4. The van der Waals surface area contributed by atoms with Gasteiger partial charge in [0.05, 0.1) is 25.0 Å². The minimum absolute atomic E-state index is 0.0113. The highest BCUT2D eigenvalue weighted by molar-refractivity contribution is 5.93. The number of aromatic nitrogens is 2. The van der Waals surface area contributed by atoms with E-state index in [0.29, 0.717) is 43.8 Å². The first-order valence-corrected chi connectivity index (χ1v) is 8.60. The fourth-order valence-corrected chi connectivity index (χ4v) is 3.77. The van der Waals surface area contributed by atoms with E-state index >= 15 is 0 Å². The zero-order chi connectivity index (χ0) is 17.3. The van der Waals surface area contributed by atoms with Gasteiger partial charge in [-0.2, -0.15) is 0 Å². The van der Waals surface area contributed by atoms with Crippen molar-refractivity contribution in [2.45, 2.75) is 19.8 Å². The van der Waals surface area contributed by atoms with Crippen LogP contribution in [0.25, 0.3) is 0 Å². The van der Waals surface area contributed by atoms with Crippen molar-refractivity contribution in [3.05, 3.63) is 30.0 Å². The van der Waals surface area contributed by atoms with Crippen molar-refractivity contribution in [3.8, 4) is 0 Å². The number of aryl methyl sites for hydroxylation is 1. The summed E-state index contributed by atoms with van der Waals surface area (Å²) in [5, 5.41) is 8.07. The number of carbonyl (C=O) groups is 1. The first kappa shape index (κ1) is 16.1. The maximum absolute atomic E-state index is 12.7. The van der Waals surface area contributed by atoms with E-state index in [2.05, 4.69) is 15.1 Å². The van der Waals surface area contributed by atoms with Crippen LogP contribution in [0.1, 0.15) is 29.1 Å². The highest BCUT2D eigenvalue weighted by Crippen LogP contribution is 2.34. The number of hydrogen-bond acceptors (Lipinski definition) is 7. The second kappa shape index (κ2) is 6.51. The molecule has 0 radical (unpaired) electrons. The van der Waals surface area contributed by atoms with E-state index in [-0.39, 0.29) is 11.3 Å². The quantitative estimate of drug-likeness (QED) is 0.818. The van der Waals surface area contributed by atoms with Crippen LogP contribution < -0.4 is 4.90 Å². The molecule has 4 rings (SSSR count). The number of hydrogen-bond donors (Lipinski definition) is 0. The molecular formula is C17H22N4O4. The summed E-state index contributed by atoms with van der Waals surface area (Å²) >= 11 is 0. The smallest absolute Gasteiger partial charge is 0.318 e. The SMILES string of the molecule is Cc1nnc(N2CCOC[C@@]3(CCCN(C(=O)c4ccoc4)C3)C2)o1. The number of furan rings is 1. The van der Waals surface area contributed by atoms with E-state index in [1.54, 1.807) is 13.0 Å². The number of rotatable bonds is 2. The molecule has 2 aliphatic rings.